The highest BCUT2D eigenvalue weighted by atomic mass is 15.2. The van der Waals surface area contributed by atoms with Crippen molar-refractivity contribution in [2.45, 2.75) is 110 Å². The van der Waals surface area contributed by atoms with Gasteiger partial charge in [-0.25, -0.2) is 0 Å². The summed E-state index contributed by atoms with van der Waals surface area (Å²) in [5, 5.41) is 10.1. The molecule has 2 aliphatic carbocycles. The Bertz CT molecular complexity index is 4920. The molecule has 0 fully saturated rings. The lowest BCUT2D eigenvalue weighted by Crippen LogP contribution is -2.61. The van der Waals surface area contributed by atoms with Gasteiger partial charge >= 0.3 is 0 Å². The summed E-state index contributed by atoms with van der Waals surface area (Å²) in [6, 6.07) is 92.8. The molecule has 1 spiro atoms. The van der Waals surface area contributed by atoms with Crippen LogP contribution in [0, 0.1) is 0 Å². The van der Waals surface area contributed by atoms with E-state index in [1.807, 2.05) is 0 Å². The molecule has 0 amide bonds. The van der Waals surface area contributed by atoms with Crippen molar-refractivity contribution in [2.24, 2.45) is 0 Å². The fraction of sp³-hybridized carbons (Fsp3) is 0.195. The van der Waals surface area contributed by atoms with E-state index >= 15 is 0 Å². The highest BCUT2D eigenvalue weighted by Gasteiger charge is 2.52. The molecule has 0 aromatic heterocycles. The molecule has 4 aliphatic rings. The number of nitrogens with zero attached hydrogens (tertiary/aromatic N) is 2. The second-order valence-electron chi connectivity index (χ2n) is 30.5. The lowest BCUT2D eigenvalue weighted by atomic mass is 9.33. The Morgan fingerprint density at radius 1 is 0.289 bits per heavy atom. The van der Waals surface area contributed by atoms with Gasteiger partial charge in [-0.2, -0.15) is 0 Å². The summed E-state index contributed by atoms with van der Waals surface area (Å²) in [7, 11) is 0. The first kappa shape index (κ1) is 54.7. The minimum atomic E-state index is -0.449. The lowest BCUT2D eigenvalue weighted by Gasteiger charge is -2.46. The van der Waals surface area contributed by atoms with Crippen molar-refractivity contribution in [3.05, 3.63) is 281 Å². The number of anilines is 6. The Hall–Kier alpha value is -9.44. The van der Waals surface area contributed by atoms with Crippen LogP contribution in [0.25, 0.3) is 76.5 Å². The zero-order valence-electron chi connectivity index (χ0n) is 54.0. The molecule has 0 saturated heterocycles. The maximum Gasteiger partial charge on any atom is 0.252 e. The number of hydrogen-bond donors (Lipinski definition) is 0. The molecule has 13 aromatic carbocycles. The van der Waals surface area contributed by atoms with Crippen LogP contribution in [0.3, 0.4) is 0 Å². The molecule has 2 aliphatic heterocycles. The van der Waals surface area contributed by atoms with E-state index in [4.69, 9.17) is 0 Å². The molecular formula is C87H75BN2. The van der Waals surface area contributed by atoms with E-state index < -0.39 is 5.41 Å². The molecule has 0 bridgehead atoms. The standard InChI is InChI=1S/C87H75BN2/c1-83(2,3)56-46-57(84(4,5)6)49-60(48-56)89-78-44-55(54-35-40-75-71(43-54)68-29-19-22-32-74(68)87(75)72-30-20-17-27-66(72)67-28-18-21-31-73(67)87)45-79-80(78)88(76-41-38-64-62-25-15-13-23-52(62)33-36-69(64)81(76)89)77-42-39-65-63-26-16-14-24-53(63)34-37-70(65)82(77)90(79)61-50-58(85(7,8)9)47-59(51-61)86(10,11)12/h13-51H,1-12H3. The first-order valence-corrected chi connectivity index (χ1v) is 32.6. The van der Waals surface area contributed by atoms with Crippen LogP contribution in [-0.4, -0.2) is 6.71 Å². The fourth-order valence-electron chi connectivity index (χ4n) is 16.3. The van der Waals surface area contributed by atoms with Gasteiger partial charge in [-0.1, -0.05) is 277 Å². The summed E-state index contributed by atoms with van der Waals surface area (Å²) in [5.74, 6) is 0. The van der Waals surface area contributed by atoms with Gasteiger partial charge in [0, 0.05) is 44.9 Å². The Kier molecular flexibility index (Phi) is 11.4. The van der Waals surface area contributed by atoms with E-state index in [1.165, 1.54) is 171 Å². The first-order chi connectivity index (χ1) is 43.2. The molecule has 0 radical (unpaired) electrons. The van der Waals surface area contributed by atoms with Gasteiger partial charge in [0.15, 0.2) is 0 Å². The second kappa shape index (κ2) is 18.8. The van der Waals surface area contributed by atoms with Crippen molar-refractivity contribution in [3.63, 3.8) is 0 Å². The summed E-state index contributed by atoms with van der Waals surface area (Å²) in [5.41, 5.74) is 28.6. The zero-order chi connectivity index (χ0) is 61.7. The van der Waals surface area contributed by atoms with E-state index in [9.17, 15) is 0 Å². The molecule has 90 heavy (non-hydrogen) atoms. The molecule has 0 saturated carbocycles. The molecule has 2 heterocycles. The van der Waals surface area contributed by atoms with Crippen LogP contribution in [0.4, 0.5) is 34.1 Å². The van der Waals surface area contributed by atoms with Crippen LogP contribution in [0.15, 0.2) is 237 Å². The lowest BCUT2D eigenvalue weighted by molar-refractivity contribution is 0.568. The molecule has 0 unspecified atom stereocenters. The van der Waals surface area contributed by atoms with Crippen molar-refractivity contribution in [2.75, 3.05) is 9.80 Å². The third kappa shape index (κ3) is 7.77. The zero-order valence-corrected chi connectivity index (χ0v) is 54.0. The van der Waals surface area contributed by atoms with E-state index in [1.54, 1.807) is 0 Å². The van der Waals surface area contributed by atoms with Gasteiger partial charge in [0.05, 0.1) is 5.41 Å². The Morgan fingerprint density at radius 3 is 1.08 bits per heavy atom. The molecule has 436 valence electrons. The van der Waals surface area contributed by atoms with Crippen LogP contribution in [0.1, 0.15) is 128 Å². The average Bonchev–Trinajstić information content (AvgIpc) is 1.31. The Morgan fingerprint density at radius 2 is 0.656 bits per heavy atom. The second-order valence-corrected chi connectivity index (χ2v) is 30.5. The molecule has 3 heteroatoms. The SMILES string of the molecule is CC(C)(C)c1cc(N2c3cc(-c4ccc5c(c4)-c4ccccc4C54c5ccccc5-c5ccccc54)cc4c3B(c3ccc5c(ccc6ccccc65)c32)c2ccc3c(ccc5ccccc53)c2N4c2cc(C(C)(C)C)cc(C(C)(C)C)c2)cc(C(C)(C)C)c1. The van der Waals surface area contributed by atoms with Crippen LogP contribution < -0.4 is 26.2 Å². The third-order valence-corrected chi connectivity index (χ3v) is 21.0. The summed E-state index contributed by atoms with van der Waals surface area (Å²) >= 11 is 0. The normalized spacial score (nSPS) is 14.5. The fourth-order valence-corrected chi connectivity index (χ4v) is 16.3. The average molecular weight is 1160 g/mol. The van der Waals surface area contributed by atoms with Crippen molar-refractivity contribution < 1.29 is 0 Å². The maximum atomic E-state index is 2.73. The van der Waals surface area contributed by atoms with E-state index in [0.717, 1.165) is 0 Å². The number of benzene rings is 13. The number of hydrogen-bond acceptors (Lipinski definition) is 2. The highest BCUT2D eigenvalue weighted by Crippen LogP contribution is 2.63. The van der Waals surface area contributed by atoms with Crippen molar-refractivity contribution >= 4 is 100 Å². The number of fused-ring (bicyclic) bond motifs is 22. The summed E-state index contributed by atoms with van der Waals surface area (Å²) in [4.78, 5) is 5.45. The largest absolute Gasteiger partial charge is 0.311 e. The highest BCUT2D eigenvalue weighted by molar-refractivity contribution is 7.01. The predicted octanol–water partition coefficient (Wildman–Crippen LogP) is 21.6. The summed E-state index contributed by atoms with van der Waals surface area (Å²) < 4.78 is 0. The monoisotopic (exact) mass is 1160 g/mol. The van der Waals surface area contributed by atoms with Gasteiger partial charge in [-0.05, 0) is 191 Å². The van der Waals surface area contributed by atoms with Crippen LogP contribution in [0.2, 0.25) is 0 Å². The minimum Gasteiger partial charge on any atom is -0.311 e. The van der Waals surface area contributed by atoms with Crippen molar-refractivity contribution in [3.8, 4) is 33.4 Å². The van der Waals surface area contributed by atoms with Crippen molar-refractivity contribution in [1.29, 1.82) is 0 Å². The molecular weight excluding hydrogens is 1080 g/mol. The van der Waals surface area contributed by atoms with Crippen molar-refractivity contribution in [1.82, 2.24) is 0 Å². The Balaban J connectivity index is 1.04. The molecule has 13 aromatic rings. The van der Waals surface area contributed by atoms with E-state index in [2.05, 4.69) is 329 Å². The van der Waals surface area contributed by atoms with E-state index in [0.29, 0.717) is 0 Å². The summed E-state index contributed by atoms with van der Waals surface area (Å²) in [6.07, 6.45) is 0. The van der Waals surface area contributed by atoms with Gasteiger partial charge in [0.25, 0.3) is 6.71 Å². The van der Waals surface area contributed by atoms with Gasteiger partial charge in [0.1, 0.15) is 0 Å². The topological polar surface area (TPSA) is 6.48 Å². The van der Waals surface area contributed by atoms with Crippen LogP contribution in [0.5, 0.6) is 0 Å². The minimum absolute atomic E-state index is 0.122. The predicted molar refractivity (Wildman–Crippen MR) is 387 cm³/mol. The van der Waals surface area contributed by atoms with Crippen LogP contribution >= 0.6 is 0 Å². The summed E-state index contributed by atoms with van der Waals surface area (Å²) in [6.45, 7) is 28.4. The molecule has 17 rings (SSSR count). The van der Waals surface area contributed by atoms with Gasteiger partial charge in [-0.15, -0.1) is 0 Å². The van der Waals surface area contributed by atoms with Gasteiger partial charge in [0.2, 0.25) is 0 Å². The molecule has 2 nitrogen and oxygen atoms in total. The molecule has 0 atom stereocenters. The number of rotatable bonds is 3. The molecule has 0 N–H and O–H groups in total. The first-order valence-electron chi connectivity index (χ1n) is 32.6. The van der Waals surface area contributed by atoms with Gasteiger partial charge < -0.3 is 9.80 Å². The quantitative estimate of drug-likeness (QED) is 0.128. The van der Waals surface area contributed by atoms with E-state index in [-0.39, 0.29) is 28.4 Å². The van der Waals surface area contributed by atoms with Gasteiger partial charge in [-0.3, -0.25) is 0 Å². The third-order valence-electron chi connectivity index (χ3n) is 21.0. The Labute approximate surface area is 531 Å². The van der Waals surface area contributed by atoms with Crippen LogP contribution in [-0.2, 0) is 27.1 Å². The smallest absolute Gasteiger partial charge is 0.252 e. The maximum absolute atomic E-state index is 2.73.